The number of rotatable bonds is 4. The second-order valence-electron chi connectivity index (χ2n) is 3.06. The summed E-state index contributed by atoms with van der Waals surface area (Å²) in [5.74, 6) is 0.0538. The van der Waals surface area contributed by atoms with E-state index in [9.17, 15) is 4.79 Å². The van der Waals surface area contributed by atoms with Gasteiger partial charge in [0.25, 0.3) is 0 Å². The van der Waals surface area contributed by atoms with Crippen molar-refractivity contribution in [1.82, 2.24) is 5.01 Å². The molecule has 0 heterocycles. The standard InChI is InChI=1S/C9H16N2O/c1-7(2)9(12)6-8(3)10-11(4)5/h1,6H2,2-5H3/b10-8+. The van der Waals surface area contributed by atoms with Crippen LogP contribution in [0.5, 0.6) is 0 Å². The fourth-order valence-corrected chi connectivity index (χ4v) is 0.760. The van der Waals surface area contributed by atoms with Crippen molar-refractivity contribution >= 4 is 11.5 Å². The second-order valence-corrected chi connectivity index (χ2v) is 3.06. The van der Waals surface area contributed by atoms with Gasteiger partial charge in [0.2, 0.25) is 0 Å². The van der Waals surface area contributed by atoms with Crippen molar-refractivity contribution in [3.05, 3.63) is 12.2 Å². The van der Waals surface area contributed by atoms with E-state index in [2.05, 4.69) is 11.7 Å². The molecule has 0 rings (SSSR count). The van der Waals surface area contributed by atoms with Gasteiger partial charge in [-0.25, -0.2) is 0 Å². The van der Waals surface area contributed by atoms with Crippen LogP contribution in [0.3, 0.4) is 0 Å². The third kappa shape index (κ3) is 4.66. The predicted octanol–water partition coefficient (Wildman–Crippen LogP) is 1.46. The molecule has 0 aliphatic carbocycles. The van der Waals surface area contributed by atoms with E-state index in [1.165, 1.54) is 0 Å². The van der Waals surface area contributed by atoms with Crippen LogP contribution in [0.25, 0.3) is 0 Å². The number of hydrogen-bond acceptors (Lipinski definition) is 3. The summed E-state index contributed by atoms with van der Waals surface area (Å²) in [6, 6.07) is 0. The number of allylic oxidation sites excluding steroid dienone is 1. The van der Waals surface area contributed by atoms with Gasteiger partial charge < -0.3 is 5.01 Å². The Hall–Kier alpha value is -1.12. The summed E-state index contributed by atoms with van der Waals surface area (Å²) in [5.41, 5.74) is 1.40. The molecule has 0 aliphatic heterocycles. The molecule has 0 N–H and O–H groups in total. The van der Waals surface area contributed by atoms with Crippen LogP contribution in [0.4, 0.5) is 0 Å². The van der Waals surface area contributed by atoms with Crippen molar-refractivity contribution in [2.24, 2.45) is 5.10 Å². The highest BCUT2D eigenvalue weighted by Gasteiger charge is 2.04. The summed E-state index contributed by atoms with van der Waals surface area (Å²) in [4.78, 5) is 11.1. The summed E-state index contributed by atoms with van der Waals surface area (Å²) in [6.45, 7) is 7.12. The fourth-order valence-electron chi connectivity index (χ4n) is 0.760. The lowest BCUT2D eigenvalue weighted by atomic mass is 10.1. The average molecular weight is 168 g/mol. The van der Waals surface area contributed by atoms with Gasteiger partial charge in [-0.15, -0.1) is 0 Å². The first kappa shape index (κ1) is 10.9. The summed E-state index contributed by atoms with van der Waals surface area (Å²) in [6.07, 6.45) is 0.369. The van der Waals surface area contributed by atoms with Crippen LogP contribution in [0.2, 0.25) is 0 Å². The van der Waals surface area contributed by atoms with Crippen LogP contribution in [0.15, 0.2) is 17.3 Å². The molecule has 0 unspecified atom stereocenters. The van der Waals surface area contributed by atoms with Gasteiger partial charge in [0.15, 0.2) is 5.78 Å². The normalized spacial score (nSPS) is 11.2. The van der Waals surface area contributed by atoms with E-state index in [0.29, 0.717) is 12.0 Å². The maximum atomic E-state index is 11.1. The Morgan fingerprint density at radius 1 is 1.42 bits per heavy atom. The molecule has 0 spiro atoms. The van der Waals surface area contributed by atoms with Gasteiger partial charge in [-0.3, -0.25) is 4.79 Å². The van der Waals surface area contributed by atoms with E-state index < -0.39 is 0 Å². The second kappa shape index (κ2) is 4.70. The van der Waals surface area contributed by atoms with Crippen LogP contribution in [0, 0.1) is 0 Å². The van der Waals surface area contributed by atoms with Crippen molar-refractivity contribution in [2.45, 2.75) is 20.3 Å². The number of nitrogens with zero attached hydrogens (tertiary/aromatic N) is 2. The fraction of sp³-hybridized carbons (Fsp3) is 0.556. The Balaban J connectivity index is 4.09. The van der Waals surface area contributed by atoms with Crippen LogP contribution < -0.4 is 0 Å². The first-order chi connectivity index (χ1) is 5.43. The number of hydrazone groups is 1. The van der Waals surface area contributed by atoms with Gasteiger partial charge in [0.1, 0.15) is 0 Å². The molecule has 0 fully saturated rings. The first-order valence-corrected chi connectivity index (χ1v) is 3.83. The number of carbonyl (C=O) groups is 1. The lowest BCUT2D eigenvalue weighted by Crippen LogP contribution is -2.10. The molecule has 0 radical (unpaired) electrons. The maximum absolute atomic E-state index is 11.1. The van der Waals surface area contributed by atoms with Crippen molar-refractivity contribution in [3.63, 3.8) is 0 Å². The Labute approximate surface area is 73.8 Å². The highest BCUT2D eigenvalue weighted by molar-refractivity contribution is 6.07. The van der Waals surface area contributed by atoms with Crippen molar-refractivity contribution < 1.29 is 4.79 Å². The zero-order chi connectivity index (χ0) is 9.72. The van der Waals surface area contributed by atoms with Crippen LogP contribution in [0.1, 0.15) is 20.3 Å². The minimum absolute atomic E-state index is 0.0538. The van der Waals surface area contributed by atoms with Crippen molar-refractivity contribution in [1.29, 1.82) is 0 Å². The van der Waals surface area contributed by atoms with Crippen LogP contribution in [-0.4, -0.2) is 30.6 Å². The summed E-state index contributed by atoms with van der Waals surface area (Å²) >= 11 is 0. The predicted molar refractivity (Wildman–Crippen MR) is 51.2 cm³/mol. The number of carbonyl (C=O) groups excluding carboxylic acids is 1. The van der Waals surface area contributed by atoms with E-state index in [-0.39, 0.29) is 5.78 Å². The molecule has 0 saturated heterocycles. The molecule has 12 heavy (non-hydrogen) atoms. The minimum atomic E-state index is 0.0538. The van der Waals surface area contributed by atoms with E-state index in [1.54, 1.807) is 11.9 Å². The van der Waals surface area contributed by atoms with E-state index in [1.807, 2.05) is 21.0 Å². The molecule has 3 nitrogen and oxygen atoms in total. The van der Waals surface area contributed by atoms with Crippen molar-refractivity contribution in [2.75, 3.05) is 14.1 Å². The Kier molecular flexibility index (Phi) is 4.26. The minimum Gasteiger partial charge on any atom is -0.303 e. The first-order valence-electron chi connectivity index (χ1n) is 3.83. The van der Waals surface area contributed by atoms with Gasteiger partial charge in [0.05, 0.1) is 6.42 Å². The summed E-state index contributed by atoms with van der Waals surface area (Å²) in [5, 5.41) is 5.77. The molecule has 0 aromatic rings. The van der Waals surface area contributed by atoms with Gasteiger partial charge in [-0.1, -0.05) is 6.58 Å². The third-order valence-corrected chi connectivity index (χ3v) is 1.26. The van der Waals surface area contributed by atoms with Crippen LogP contribution in [-0.2, 0) is 4.79 Å². The molecule has 0 saturated carbocycles. The molecular weight excluding hydrogens is 152 g/mol. The third-order valence-electron chi connectivity index (χ3n) is 1.26. The molecule has 0 aromatic carbocycles. The molecule has 0 aliphatic rings. The Morgan fingerprint density at radius 2 is 1.92 bits per heavy atom. The molecule has 0 amide bonds. The van der Waals surface area contributed by atoms with E-state index >= 15 is 0 Å². The van der Waals surface area contributed by atoms with Crippen molar-refractivity contribution in [3.8, 4) is 0 Å². The topological polar surface area (TPSA) is 32.7 Å². The molecule has 3 heteroatoms. The highest BCUT2D eigenvalue weighted by atomic mass is 16.1. The molecule has 0 bridgehead atoms. The maximum Gasteiger partial charge on any atom is 0.163 e. The highest BCUT2D eigenvalue weighted by Crippen LogP contribution is 1.97. The largest absolute Gasteiger partial charge is 0.303 e. The van der Waals surface area contributed by atoms with Crippen LogP contribution >= 0.6 is 0 Å². The van der Waals surface area contributed by atoms with E-state index in [4.69, 9.17) is 0 Å². The lowest BCUT2D eigenvalue weighted by molar-refractivity contribution is -0.114. The monoisotopic (exact) mass is 168 g/mol. The van der Waals surface area contributed by atoms with Gasteiger partial charge in [-0.05, 0) is 19.4 Å². The van der Waals surface area contributed by atoms with Gasteiger partial charge >= 0.3 is 0 Å². The zero-order valence-electron chi connectivity index (χ0n) is 8.22. The smallest absolute Gasteiger partial charge is 0.163 e. The summed E-state index contributed by atoms with van der Waals surface area (Å²) in [7, 11) is 3.66. The number of ketones is 1. The Morgan fingerprint density at radius 3 is 2.25 bits per heavy atom. The molecule has 68 valence electrons. The number of hydrogen-bond donors (Lipinski definition) is 0. The quantitative estimate of drug-likeness (QED) is 0.361. The summed E-state index contributed by atoms with van der Waals surface area (Å²) < 4.78 is 0. The number of Topliss-reactive ketones (excluding diaryl/α,β-unsaturated/α-hetero) is 1. The Bertz CT molecular complexity index is 217. The zero-order valence-corrected chi connectivity index (χ0v) is 8.22. The average Bonchev–Trinajstić information content (AvgIpc) is 1.84. The molecular formula is C9H16N2O. The molecule has 0 aromatic heterocycles. The molecule has 0 atom stereocenters. The van der Waals surface area contributed by atoms with E-state index in [0.717, 1.165) is 5.71 Å². The SMILES string of the molecule is C=C(C)C(=O)C/C(C)=N/N(C)C. The lowest BCUT2D eigenvalue weighted by Gasteiger charge is -2.06. The van der Waals surface area contributed by atoms with Gasteiger partial charge in [0, 0.05) is 19.8 Å². The van der Waals surface area contributed by atoms with Gasteiger partial charge in [-0.2, -0.15) is 5.10 Å².